The van der Waals surface area contributed by atoms with E-state index in [1.165, 1.54) is 32.6 Å². The van der Waals surface area contributed by atoms with Crippen molar-refractivity contribution in [2.24, 2.45) is 20.5 Å². The molecule has 0 aliphatic heterocycles. The van der Waals surface area contributed by atoms with Gasteiger partial charge >= 0.3 is 5.97 Å². The van der Waals surface area contributed by atoms with Gasteiger partial charge in [0.25, 0.3) is 0 Å². The first-order valence-electron chi connectivity index (χ1n) is 6.31. The number of unbranched alkanes of at least 4 members (excludes halogenated alkanes) is 3. The molecule has 0 saturated carbocycles. The van der Waals surface area contributed by atoms with Crippen molar-refractivity contribution in [2.45, 2.75) is 46.5 Å². The number of carboxylic acids is 1. The molecule has 0 amide bonds. The predicted molar refractivity (Wildman–Crippen MR) is 90.4 cm³/mol. The molecule has 0 atom stereocenters. The molecular weight excluding hydrogens is 317 g/mol. The Morgan fingerprint density at radius 3 is 1.57 bits per heavy atom. The predicted octanol–water partition coefficient (Wildman–Crippen LogP) is 2.75. The Balaban J connectivity index is -0.000000240. The number of guanidine groups is 2. The number of carboxylic acid groups (broad SMARTS) is 1. The van der Waals surface area contributed by atoms with Crippen molar-refractivity contribution in [3.63, 3.8) is 0 Å². The highest BCUT2D eigenvalue weighted by Gasteiger charge is 1.91. The molecule has 0 aliphatic carbocycles. The molecule has 0 aromatic rings. The summed E-state index contributed by atoms with van der Waals surface area (Å²) < 4.78 is 6.02. The van der Waals surface area contributed by atoms with Crippen LogP contribution in [0.1, 0.15) is 46.5 Å². The molecule has 0 radical (unpaired) electrons. The van der Waals surface area contributed by atoms with Crippen molar-refractivity contribution in [1.82, 2.24) is 5.32 Å². The molecular formula is C12H25Cl2N5O2. The number of rotatable bonds is 4. The molecule has 0 spiro atoms. The van der Waals surface area contributed by atoms with Gasteiger partial charge in [-0.25, -0.2) is 4.79 Å². The SMILES string of the molecule is C=C(C)C(=O)O.CCCCCC.NC(=NCl)NC(N)=NCl. The van der Waals surface area contributed by atoms with Crippen LogP contribution in [0.15, 0.2) is 21.2 Å². The summed E-state index contributed by atoms with van der Waals surface area (Å²) in [7, 11) is 0. The van der Waals surface area contributed by atoms with Crippen molar-refractivity contribution in [3.05, 3.63) is 12.2 Å². The zero-order valence-electron chi connectivity index (χ0n) is 12.7. The van der Waals surface area contributed by atoms with Crippen LogP contribution in [0.2, 0.25) is 0 Å². The molecule has 21 heavy (non-hydrogen) atoms. The van der Waals surface area contributed by atoms with Gasteiger partial charge in [0.1, 0.15) is 0 Å². The number of aliphatic carboxylic acids is 1. The fourth-order valence-corrected chi connectivity index (χ4v) is 0.758. The molecule has 124 valence electrons. The lowest BCUT2D eigenvalue weighted by Crippen LogP contribution is -2.40. The third-order valence-corrected chi connectivity index (χ3v) is 2.12. The first-order chi connectivity index (χ1) is 9.76. The van der Waals surface area contributed by atoms with Crippen LogP contribution in [0.25, 0.3) is 0 Å². The number of carbonyl (C=O) groups is 1. The van der Waals surface area contributed by atoms with Crippen LogP contribution in [-0.2, 0) is 4.79 Å². The highest BCUT2D eigenvalue weighted by atomic mass is 35.5. The average Bonchev–Trinajstić information content (AvgIpc) is 2.45. The van der Waals surface area contributed by atoms with Gasteiger partial charge in [0, 0.05) is 29.1 Å². The van der Waals surface area contributed by atoms with E-state index in [1.807, 2.05) is 0 Å². The minimum absolute atomic E-state index is 0.0569. The number of hydrogen-bond donors (Lipinski definition) is 4. The molecule has 7 nitrogen and oxygen atoms in total. The molecule has 9 heteroatoms. The van der Waals surface area contributed by atoms with Crippen molar-refractivity contribution in [1.29, 1.82) is 0 Å². The van der Waals surface area contributed by atoms with Crippen LogP contribution in [0.5, 0.6) is 0 Å². The van der Waals surface area contributed by atoms with E-state index >= 15 is 0 Å². The Hall–Kier alpha value is -1.47. The lowest BCUT2D eigenvalue weighted by atomic mass is 10.2. The van der Waals surface area contributed by atoms with Crippen molar-refractivity contribution in [2.75, 3.05) is 0 Å². The van der Waals surface area contributed by atoms with E-state index in [-0.39, 0.29) is 17.5 Å². The van der Waals surface area contributed by atoms with E-state index in [9.17, 15) is 4.79 Å². The van der Waals surface area contributed by atoms with Gasteiger partial charge < -0.3 is 16.6 Å². The minimum Gasteiger partial charge on any atom is -0.478 e. The zero-order valence-corrected chi connectivity index (χ0v) is 14.2. The summed E-state index contributed by atoms with van der Waals surface area (Å²) in [5, 5.41) is 10.2. The molecule has 0 unspecified atom stereocenters. The topological polar surface area (TPSA) is 126 Å². The maximum Gasteiger partial charge on any atom is 0.330 e. The van der Waals surface area contributed by atoms with E-state index in [2.05, 4.69) is 34.8 Å². The summed E-state index contributed by atoms with van der Waals surface area (Å²) in [6.07, 6.45) is 5.54. The lowest BCUT2D eigenvalue weighted by Gasteiger charge is -1.97. The summed E-state index contributed by atoms with van der Waals surface area (Å²) in [4.78, 5) is 9.60. The first-order valence-corrected chi connectivity index (χ1v) is 6.98. The summed E-state index contributed by atoms with van der Waals surface area (Å²) in [6, 6.07) is 0. The highest BCUT2D eigenvalue weighted by molar-refractivity contribution is 6.22. The van der Waals surface area contributed by atoms with Gasteiger partial charge in [-0.1, -0.05) is 46.1 Å². The molecule has 0 saturated heterocycles. The molecule has 0 aromatic heterocycles. The van der Waals surface area contributed by atoms with Gasteiger partial charge in [0.2, 0.25) is 11.9 Å². The number of nitrogens with two attached hydrogens (primary N) is 2. The van der Waals surface area contributed by atoms with E-state index < -0.39 is 5.97 Å². The fraction of sp³-hybridized carbons (Fsp3) is 0.583. The van der Waals surface area contributed by atoms with Crippen molar-refractivity contribution < 1.29 is 9.90 Å². The molecule has 0 fully saturated rings. The van der Waals surface area contributed by atoms with E-state index in [0.29, 0.717) is 0 Å². The van der Waals surface area contributed by atoms with Crippen LogP contribution < -0.4 is 16.8 Å². The molecule has 0 heterocycles. The lowest BCUT2D eigenvalue weighted by molar-refractivity contribution is -0.132. The Morgan fingerprint density at radius 1 is 1.14 bits per heavy atom. The molecule has 0 aromatic carbocycles. The summed E-state index contributed by atoms with van der Waals surface area (Å²) in [5.74, 6) is -1.05. The molecule has 0 bridgehead atoms. The van der Waals surface area contributed by atoms with Crippen molar-refractivity contribution >= 4 is 41.4 Å². The second kappa shape index (κ2) is 18.5. The number of halogens is 2. The van der Waals surface area contributed by atoms with Crippen molar-refractivity contribution in [3.8, 4) is 0 Å². The normalized spacial score (nSPS) is 10.5. The quantitative estimate of drug-likeness (QED) is 0.270. The minimum atomic E-state index is -0.935. The first kappa shape index (κ1) is 24.5. The monoisotopic (exact) mass is 341 g/mol. The van der Waals surface area contributed by atoms with Crippen LogP contribution in [0.3, 0.4) is 0 Å². The van der Waals surface area contributed by atoms with Gasteiger partial charge in [0.15, 0.2) is 0 Å². The fourth-order valence-electron chi connectivity index (χ4n) is 0.673. The average molecular weight is 342 g/mol. The smallest absolute Gasteiger partial charge is 0.330 e. The molecule has 0 rings (SSSR count). The van der Waals surface area contributed by atoms with Crippen LogP contribution in [0.4, 0.5) is 0 Å². The van der Waals surface area contributed by atoms with Gasteiger partial charge in [-0.15, -0.1) is 9.02 Å². The maximum atomic E-state index is 9.60. The van der Waals surface area contributed by atoms with Crippen LogP contribution in [-0.4, -0.2) is 23.0 Å². The van der Waals surface area contributed by atoms with Gasteiger partial charge in [-0.2, -0.15) is 0 Å². The summed E-state index contributed by atoms with van der Waals surface area (Å²) in [5.41, 5.74) is 10.2. The number of nitrogens with one attached hydrogen (secondary N) is 1. The largest absolute Gasteiger partial charge is 0.478 e. The Morgan fingerprint density at radius 2 is 1.43 bits per heavy atom. The Kier molecular flexibility index (Phi) is 21.7. The van der Waals surface area contributed by atoms with Crippen LogP contribution in [0, 0.1) is 0 Å². The number of nitrogens with zero attached hydrogens (tertiary/aromatic N) is 2. The zero-order chi connectivity index (χ0) is 17.3. The standard InChI is InChI=1S/C6H14.C4H6O2.C2H5Cl2N5/c1-3-5-6-4-2;1-3(2)4(5)6;3-8-1(5)7-2(6)9-4/h3-6H2,1-2H3;1H2,2H3,(H,5,6);(H5,5,6,7,8,9). The van der Waals surface area contributed by atoms with E-state index in [4.69, 9.17) is 40.1 Å². The second-order valence-corrected chi connectivity index (χ2v) is 4.20. The van der Waals surface area contributed by atoms with Crippen LogP contribution >= 0.6 is 23.6 Å². The number of hydrogen-bond acceptors (Lipinski definition) is 3. The summed E-state index contributed by atoms with van der Waals surface area (Å²) >= 11 is 9.80. The van der Waals surface area contributed by atoms with Gasteiger partial charge in [-0.3, -0.25) is 5.32 Å². The van der Waals surface area contributed by atoms with E-state index in [0.717, 1.165) is 0 Å². The van der Waals surface area contributed by atoms with E-state index in [1.54, 1.807) is 0 Å². The Labute approximate surface area is 136 Å². The molecule has 0 aliphatic rings. The maximum absolute atomic E-state index is 9.60. The van der Waals surface area contributed by atoms with Gasteiger partial charge in [0.05, 0.1) is 0 Å². The van der Waals surface area contributed by atoms with Gasteiger partial charge in [-0.05, 0) is 6.92 Å². The Bertz CT molecular complexity index is 315. The second-order valence-electron chi connectivity index (χ2n) is 3.86. The highest BCUT2D eigenvalue weighted by Crippen LogP contribution is 1.95. The third-order valence-electron chi connectivity index (χ3n) is 1.76. The third kappa shape index (κ3) is 27.7. The summed E-state index contributed by atoms with van der Waals surface area (Å²) in [6.45, 7) is 9.07. The molecule has 6 N–H and O–H groups in total.